The van der Waals surface area contributed by atoms with Gasteiger partial charge in [-0.25, -0.2) is 8.42 Å². The first-order chi connectivity index (χ1) is 15.4. The minimum absolute atomic E-state index is 0.0263. The molecule has 0 saturated carbocycles. The normalized spacial score (nSPS) is 14.5. The zero-order valence-corrected chi connectivity index (χ0v) is 18.5. The van der Waals surface area contributed by atoms with Crippen LogP contribution in [-0.4, -0.2) is 61.5 Å². The number of sulfonamides is 1. The van der Waals surface area contributed by atoms with Crippen LogP contribution in [0, 0.1) is 0 Å². The Labute approximate surface area is 185 Å². The van der Waals surface area contributed by atoms with Gasteiger partial charge in [0.2, 0.25) is 0 Å². The maximum Gasteiger partial charge on any atom is 0.387 e. The van der Waals surface area contributed by atoms with Gasteiger partial charge < -0.3 is 19.7 Å². The predicted molar refractivity (Wildman–Crippen MR) is 116 cm³/mol. The SMILES string of the molecule is COc1ccc(N(CCCF)S(=O)(=O)c2cccc(OC(F)F)c2)cc1N1CCNCC1. The fourth-order valence-corrected chi connectivity index (χ4v) is 5.05. The molecule has 0 aromatic heterocycles. The molecule has 1 N–H and O–H groups in total. The highest BCUT2D eigenvalue weighted by molar-refractivity contribution is 7.92. The summed E-state index contributed by atoms with van der Waals surface area (Å²) in [5.74, 6) is 0.313. The summed E-state index contributed by atoms with van der Waals surface area (Å²) < 4.78 is 75.9. The van der Waals surface area contributed by atoms with Gasteiger partial charge in [0, 0.05) is 38.8 Å². The molecular formula is C21H26F3N3O4S. The zero-order chi connectivity index (χ0) is 23.1. The second-order valence-corrected chi connectivity index (χ2v) is 8.93. The third-order valence-corrected chi connectivity index (χ3v) is 6.84. The van der Waals surface area contributed by atoms with Gasteiger partial charge in [-0.15, -0.1) is 0 Å². The number of halogens is 3. The fourth-order valence-electron chi connectivity index (χ4n) is 3.52. The maximum atomic E-state index is 13.4. The molecule has 7 nitrogen and oxygen atoms in total. The predicted octanol–water partition coefficient (Wildman–Crippen LogP) is 3.26. The van der Waals surface area contributed by atoms with Gasteiger partial charge >= 0.3 is 6.61 Å². The number of benzene rings is 2. The molecule has 0 atom stereocenters. The van der Waals surface area contributed by atoms with E-state index in [2.05, 4.69) is 15.0 Å². The number of ether oxygens (including phenoxy) is 2. The van der Waals surface area contributed by atoms with E-state index in [0.717, 1.165) is 29.1 Å². The van der Waals surface area contributed by atoms with Crippen LogP contribution in [0.15, 0.2) is 47.4 Å². The van der Waals surface area contributed by atoms with E-state index in [9.17, 15) is 21.6 Å². The van der Waals surface area contributed by atoms with Crippen molar-refractivity contribution < 1.29 is 31.1 Å². The molecule has 176 valence electrons. The first-order valence-electron chi connectivity index (χ1n) is 10.1. The van der Waals surface area contributed by atoms with Crippen LogP contribution >= 0.6 is 0 Å². The Kier molecular flexibility index (Phi) is 8.08. The zero-order valence-electron chi connectivity index (χ0n) is 17.6. The highest BCUT2D eigenvalue weighted by atomic mass is 32.2. The molecule has 0 radical (unpaired) electrons. The number of hydrogen-bond donors (Lipinski definition) is 1. The third kappa shape index (κ3) is 5.57. The van der Waals surface area contributed by atoms with Gasteiger partial charge in [0.05, 0.1) is 30.1 Å². The number of nitrogens with zero attached hydrogens (tertiary/aromatic N) is 2. The molecule has 11 heteroatoms. The molecule has 3 rings (SSSR count). The second kappa shape index (κ2) is 10.8. The number of alkyl halides is 3. The lowest BCUT2D eigenvalue weighted by Gasteiger charge is -2.32. The topological polar surface area (TPSA) is 71.1 Å². The van der Waals surface area contributed by atoms with E-state index in [0.29, 0.717) is 24.5 Å². The van der Waals surface area contributed by atoms with Crippen LogP contribution in [-0.2, 0) is 10.0 Å². The molecule has 2 aromatic rings. The summed E-state index contributed by atoms with van der Waals surface area (Å²) >= 11 is 0. The molecule has 2 aromatic carbocycles. The van der Waals surface area contributed by atoms with Gasteiger partial charge in [-0.3, -0.25) is 8.70 Å². The van der Waals surface area contributed by atoms with Gasteiger partial charge in [-0.05, 0) is 36.8 Å². The molecule has 1 saturated heterocycles. The highest BCUT2D eigenvalue weighted by Crippen LogP contribution is 2.35. The van der Waals surface area contributed by atoms with Crippen molar-refractivity contribution in [3.63, 3.8) is 0 Å². The van der Waals surface area contributed by atoms with Crippen LogP contribution in [0.4, 0.5) is 24.5 Å². The van der Waals surface area contributed by atoms with Gasteiger partial charge in [-0.1, -0.05) is 6.07 Å². The Morgan fingerprint density at radius 3 is 2.56 bits per heavy atom. The summed E-state index contributed by atoms with van der Waals surface area (Å²) in [6.07, 6.45) is -0.0263. The molecule has 1 fully saturated rings. The lowest BCUT2D eigenvalue weighted by molar-refractivity contribution is -0.0499. The molecule has 1 aliphatic rings. The molecular weight excluding hydrogens is 447 g/mol. The minimum atomic E-state index is -4.18. The first-order valence-corrected chi connectivity index (χ1v) is 11.6. The molecule has 1 heterocycles. The van der Waals surface area contributed by atoms with E-state index in [-0.39, 0.29) is 23.6 Å². The monoisotopic (exact) mass is 473 g/mol. The lowest BCUT2D eigenvalue weighted by atomic mass is 10.2. The molecule has 0 aliphatic carbocycles. The smallest absolute Gasteiger partial charge is 0.387 e. The van der Waals surface area contributed by atoms with Crippen molar-refractivity contribution >= 4 is 21.4 Å². The van der Waals surface area contributed by atoms with E-state index in [4.69, 9.17) is 4.74 Å². The van der Waals surface area contributed by atoms with Crippen molar-refractivity contribution in [3.8, 4) is 11.5 Å². The van der Waals surface area contributed by atoms with Gasteiger partial charge in [0.1, 0.15) is 11.5 Å². The van der Waals surface area contributed by atoms with E-state index < -0.39 is 23.3 Å². The fraction of sp³-hybridized carbons (Fsp3) is 0.429. The second-order valence-electron chi connectivity index (χ2n) is 7.07. The van der Waals surface area contributed by atoms with Crippen LogP contribution in [0.25, 0.3) is 0 Å². The van der Waals surface area contributed by atoms with Crippen LogP contribution in [0.1, 0.15) is 6.42 Å². The van der Waals surface area contributed by atoms with Crippen molar-refractivity contribution in [1.29, 1.82) is 0 Å². The molecule has 0 bridgehead atoms. The maximum absolute atomic E-state index is 13.4. The highest BCUT2D eigenvalue weighted by Gasteiger charge is 2.27. The van der Waals surface area contributed by atoms with Gasteiger partial charge in [0.15, 0.2) is 0 Å². The Morgan fingerprint density at radius 1 is 1.16 bits per heavy atom. The molecule has 0 unspecified atom stereocenters. The van der Waals surface area contributed by atoms with E-state index in [1.54, 1.807) is 18.2 Å². The molecule has 32 heavy (non-hydrogen) atoms. The van der Waals surface area contributed by atoms with Crippen LogP contribution in [0.3, 0.4) is 0 Å². The van der Waals surface area contributed by atoms with Crippen molar-refractivity contribution in [2.75, 3.05) is 55.7 Å². The minimum Gasteiger partial charge on any atom is -0.495 e. The summed E-state index contributed by atoms with van der Waals surface area (Å²) in [6, 6.07) is 9.83. The van der Waals surface area contributed by atoms with Crippen LogP contribution < -0.4 is 24.0 Å². The standard InChI is InChI=1S/C21H26F3N3O4S/c1-30-20-7-6-16(14-19(20)26-12-9-25-10-13-26)27(11-3-8-22)32(28,29)18-5-2-4-17(15-18)31-21(23)24/h2,4-7,14-15,21,25H,3,8-13H2,1H3. The number of methoxy groups -OCH3 is 1. The number of nitrogens with one attached hydrogen (secondary N) is 1. The van der Waals surface area contributed by atoms with Gasteiger partial charge in [0.25, 0.3) is 10.0 Å². The molecule has 0 spiro atoms. The number of piperazine rings is 1. The van der Waals surface area contributed by atoms with Crippen molar-refractivity contribution in [3.05, 3.63) is 42.5 Å². The van der Waals surface area contributed by atoms with Crippen LogP contribution in [0.5, 0.6) is 11.5 Å². The molecule has 1 aliphatic heterocycles. The summed E-state index contributed by atoms with van der Waals surface area (Å²) in [6.45, 7) is -0.942. The average molecular weight is 474 g/mol. The quantitative estimate of drug-likeness (QED) is 0.571. The summed E-state index contributed by atoms with van der Waals surface area (Å²) in [7, 11) is -2.65. The number of hydrogen-bond acceptors (Lipinski definition) is 6. The van der Waals surface area contributed by atoms with E-state index >= 15 is 0 Å². The summed E-state index contributed by atoms with van der Waals surface area (Å²) in [4.78, 5) is 1.85. The van der Waals surface area contributed by atoms with E-state index in [1.807, 2.05) is 0 Å². The Bertz CT molecular complexity index is 1000. The van der Waals surface area contributed by atoms with Gasteiger partial charge in [-0.2, -0.15) is 8.78 Å². The third-order valence-electron chi connectivity index (χ3n) is 5.02. The Hall–Kier alpha value is -2.66. The summed E-state index contributed by atoms with van der Waals surface area (Å²) in [5, 5.41) is 3.26. The van der Waals surface area contributed by atoms with E-state index in [1.165, 1.54) is 25.3 Å². The summed E-state index contributed by atoms with van der Waals surface area (Å²) in [5.41, 5.74) is 1.05. The first kappa shape index (κ1) is 24.0. The number of rotatable bonds is 10. The van der Waals surface area contributed by atoms with Crippen LogP contribution in [0.2, 0.25) is 0 Å². The largest absolute Gasteiger partial charge is 0.495 e. The number of anilines is 2. The average Bonchev–Trinajstić information content (AvgIpc) is 2.79. The molecule has 0 amide bonds. The van der Waals surface area contributed by atoms with Crippen molar-refractivity contribution in [1.82, 2.24) is 5.32 Å². The Morgan fingerprint density at radius 2 is 1.91 bits per heavy atom. The van der Waals surface area contributed by atoms with Crippen molar-refractivity contribution in [2.24, 2.45) is 0 Å². The lowest BCUT2D eigenvalue weighted by Crippen LogP contribution is -2.43. The Balaban J connectivity index is 2.02. The van der Waals surface area contributed by atoms with Crippen molar-refractivity contribution in [2.45, 2.75) is 17.9 Å².